The zero-order chi connectivity index (χ0) is 27.1. The van der Waals surface area contributed by atoms with Crippen molar-refractivity contribution in [3.05, 3.63) is 66.4 Å². The Kier molecular flexibility index (Phi) is 8.57. The fourth-order valence-corrected chi connectivity index (χ4v) is 3.95. The molecule has 0 radical (unpaired) electrons. The predicted octanol–water partition coefficient (Wildman–Crippen LogP) is 4.68. The van der Waals surface area contributed by atoms with E-state index in [0.717, 1.165) is 28.6 Å². The summed E-state index contributed by atoms with van der Waals surface area (Å²) in [5.41, 5.74) is 3.48. The molecule has 1 aliphatic heterocycles. The number of nitrogens with one attached hydrogen (secondary N) is 1. The van der Waals surface area contributed by atoms with Crippen molar-refractivity contribution < 1.29 is 18.4 Å². The average molecular weight is 524 g/mol. The summed E-state index contributed by atoms with van der Waals surface area (Å²) < 4.78 is 28.6. The van der Waals surface area contributed by atoms with Crippen molar-refractivity contribution in [3.63, 3.8) is 0 Å². The molecule has 6 rings (SSSR count). The van der Waals surface area contributed by atoms with Crippen LogP contribution in [0.4, 0.5) is 14.6 Å². The number of rotatable bonds is 5. The molecule has 11 heteroatoms. The Morgan fingerprint density at radius 1 is 1.05 bits per heavy atom. The van der Waals surface area contributed by atoms with Crippen molar-refractivity contribution in [2.45, 2.75) is 44.6 Å². The number of aryl methyl sites for hydroxylation is 1. The molecule has 1 aliphatic carbocycles. The molecule has 0 bridgehead atoms. The van der Waals surface area contributed by atoms with Gasteiger partial charge in [-0.15, -0.1) is 0 Å². The van der Waals surface area contributed by atoms with Crippen LogP contribution in [-0.4, -0.2) is 68.0 Å². The van der Waals surface area contributed by atoms with Crippen molar-refractivity contribution in [1.82, 2.24) is 29.2 Å². The number of hydrogen-bond acceptors (Lipinski definition) is 6. The van der Waals surface area contributed by atoms with Crippen molar-refractivity contribution in [3.8, 4) is 5.69 Å². The predicted molar refractivity (Wildman–Crippen MR) is 141 cm³/mol. The molecule has 1 saturated carbocycles. The van der Waals surface area contributed by atoms with Crippen molar-refractivity contribution >= 4 is 29.5 Å². The fraction of sp³-hybridized carbons (Fsp3) is 0.370. The molecule has 9 nitrogen and oxygen atoms in total. The zero-order valence-corrected chi connectivity index (χ0v) is 21.4. The number of fused-ring (bicyclic) bond motifs is 1. The van der Waals surface area contributed by atoms with Crippen LogP contribution in [0.15, 0.2) is 55.2 Å². The minimum atomic E-state index is -2.38. The van der Waals surface area contributed by atoms with Crippen LogP contribution in [0.2, 0.25) is 0 Å². The van der Waals surface area contributed by atoms with Gasteiger partial charge in [0.05, 0.1) is 17.9 Å². The second kappa shape index (κ2) is 12.0. The van der Waals surface area contributed by atoms with Crippen LogP contribution in [0.25, 0.3) is 16.7 Å². The van der Waals surface area contributed by atoms with Crippen LogP contribution in [-0.2, 0) is 4.79 Å². The van der Waals surface area contributed by atoms with Gasteiger partial charge in [0, 0.05) is 67.7 Å². The van der Waals surface area contributed by atoms with E-state index in [2.05, 4.69) is 20.4 Å². The highest BCUT2D eigenvalue weighted by molar-refractivity contribution is 5.85. The molecule has 5 heterocycles. The lowest BCUT2D eigenvalue weighted by molar-refractivity contribution is -0.105. The first kappa shape index (κ1) is 27.1. The maximum absolute atomic E-state index is 12.4. The Morgan fingerprint density at radius 3 is 2.45 bits per heavy atom. The van der Waals surface area contributed by atoms with E-state index >= 15 is 0 Å². The smallest absolute Gasteiger partial charge is 0.250 e. The second-order valence-corrected chi connectivity index (χ2v) is 9.54. The minimum Gasteiger partial charge on any atom is -0.312 e. The number of likely N-dealkylation sites (tertiary alicyclic amines) is 1. The van der Waals surface area contributed by atoms with Gasteiger partial charge in [-0.2, -0.15) is 5.10 Å². The molecule has 1 amide bonds. The first-order valence-corrected chi connectivity index (χ1v) is 12.4. The Hall–Kier alpha value is -3.99. The highest BCUT2D eigenvalue weighted by atomic mass is 19.3. The minimum absolute atomic E-state index is 0.0312. The fourth-order valence-electron chi connectivity index (χ4n) is 3.95. The van der Waals surface area contributed by atoms with Crippen LogP contribution in [0.1, 0.15) is 47.6 Å². The molecule has 0 spiro atoms. The summed E-state index contributed by atoms with van der Waals surface area (Å²) in [6.45, 7) is 3.07. The van der Waals surface area contributed by atoms with Gasteiger partial charge in [-0.3, -0.25) is 23.8 Å². The largest absolute Gasteiger partial charge is 0.312 e. The molecule has 4 aromatic heterocycles. The first-order chi connectivity index (χ1) is 18.3. The van der Waals surface area contributed by atoms with Gasteiger partial charge in [-0.05, 0) is 50.6 Å². The first-order valence-electron chi connectivity index (χ1n) is 12.4. The lowest BCUT2D eigenvalue weighted by Crippen LogP contribution is -2.36. The number of alkyl halides is 2. The molecule has 38 heavy (non-hydrogen) atoms. The van der Waals surface area contributed by atoms with Crippen molar-refractivity contribution in [1.29, 1.82) is 0 Å². The Morgan fingerprint density at radius 2 is 1.82 bits per heavy atom. The summed E-state index contributed by atoms with van der Waals surface area (Å²) in [7, 11) is 1.87. The number of halogens is 2. The topological polar surface area (TPSA) is 97.9 Å². The standard InChI is InChI=1S/C14H11N3O.C7H9N3O.C6H11F2N/c1-10-4-13(8-15-6-10)17-3-2-12-5-11(9-18)7-16-14(12)17;11-5-8-7-3-4-10(9-7)6-1-2-6;1-9-4-2-6(7,8)3-5-9/h2-9H,1H3;3-6H,1-2H2,(H,8,9,11);2-5H2,1H3. The van der Waals surface area contributed by atoms with E-state index in [1.807, 2.05) is 64.9 Å². The van der Waals surface area contributed by atoms with Gasteiger partial charge in [-0.1, -0.05) is 0 Å². The summed E-state index contributed by atoms with van der Waals surface area (Å²) in [4.78, 5) is 31.1. The molecule has 0 unspecified atom stereocenters. The van der Waals surface area contributed by atoms with Gasteiger partial charge in [0.1, 0.15) is 5.65 Å². The lowest BCUT2D eigenvalue weighted by atomic mass is 10.1. The molecule has 1 N–H and O–H groups in total. The number of nitrogens with zero attached hydrogens (tertiary/aromatic N) is 6. The maximum atomic E-state index is 12.4. The second-order valence-electron chi connectivity index (χ2n) is 9.54. The summed E-state index contributed by atoms with van der Waals surface area (Å²) in [6.07, 6.45) is 12.9. The molecule has 200 valence electrons. The summed E-state index contributed by atoms with van der Waals surface area (Å²) >= 11 is 0. The summed E-state index contributed by atoms with van der Waals surface area (Å²) in [6, 6.07) is 8.19. The Bertz CT molecular complexity index is 1370. The number of carbonyl (C=O) groups is 2. The highest BCUT2D eigenvalue weighted by Gasteiger charge is 2.32. The monoisotopic (exact) mass is 523 g/mol. The number of piperidine rings is 1. The van der Waals surface area contributed by atoms with E-state index < -0.39 is 5.92 Å². The van der Waals surface area contributed by atoms with E-state index in [0.29, 0.717) is 36.9 Å². The van der Waals surface area contributed by atoms with E-state index in [9.17, 15) is 18.4 Å². The molecular weight excluding hydrogens is 492 g/mol. The van der Waals surface area contributed by atoms with Gasteiger partial charge in [0.2, 0.25) is 6.41 Å². The van der Waals surface area contributed by atoms with Gasteiger partial charge in [0.25, 0.3) is 5.92 Å². The van der Waals surface area contributed by atoms with Crippen molar-refractivity contribution in [2.24, 2.45) is 0 Å². The molecule has 0 aromatic carbocycles. The number of aromatic nitrogens is 5. The van der Waals surface area contributed by atoms with Crippen LogP contribution in [0, 0.1) is 6.92 Å². The maximum Gasteiger partial charge on any atom is 0.250 e. The number of hydrogen-bond donors (Lipinski definition) is 1. The quantitative estimate of drug-likeness (QED) is 0.382. The number of anilines is 1. The van der Waals surface area contributed by atoms with Gasteiger partial charge in [-0.25, -0.2) is 13.8 Å². The molecule has 1 saturated heterocycles. The lowest BCUT2D eigenvalue weighted by Gasteiger charge is -2.28. The van der Waals surface area contributed by atoms with Crippen LogP contribution in [0.5, 0.6) is 0 Å². The van der Waals surface area contributed by atoms with E-state index in [4.69, 9.17) is 0 Å². The van der Waals surface area contributed by atoms with Crippen LogP contribution >= 0.6 is 0 Å². The summed E-state index contributed by atoms with van der Waals surface area (Å²) in [5.74, 6) is -1.75. The van der Waals surface area contributed by atoms with Crippen LogP contribution < -0.4 is 5.32 Å². The molecule has 2 aliphatic rings. The number of aldehydes is 1. The summed E-state index contributed by atoms with van der Waals surface area (Å²) in [5, 5.41) is 7.58. The Balaban J connectivity index is 0.000000144. The number of pyridine rings is 2. The number of amides is 1. The Labute approximate surface area is 219 Å². The van der Waals surface area contributed by atoms with E-state index in [-0.39, 0.29) is 12.8 Å². The third-order valence-electron chi connectivity index (χ3n) is 6.28. The molecule has 4 aromatic rings. The zero-order valence-electron chi connectivity index (χ0n) is 21.4. The average Bonchev–Trinajstić information content (AvgIpc) is 3.50. The highest BCUT2D eigenvalue weighted by Crippen LogP contribution is 2.34. The van der Waals surface area contributed by atoms with Crippen LogP contribution in [0.3, 0.4) is 0 Å². The van der Waals surface area contributed by atoms with Gasteiger partial charge >= 0.3 is 0 Å². The SMILES string of the molecule is CN1CCC(F)(F)CC1.Cc1cncc(-n2ccc3cc(C=O)cnc32)c1.O=CNc1ccn(C2CC2)n1. The molecular formula is C27H31F2N7O2. The van der Waals surface area contributed by atoms with Crippen molar-refractivity contribution in [2.75, 3.05) is 25.5 Å². The van der Waals surface area contributed by atoms with E-state index in [1.54, 1.807) is 18.5 Å². The van der Waals surface area contributed by atoms with Gasteiger partial charge in [0.15, 0.2) is 12.1 Å². The normalized spacial score (nSPS) is 16.5. The third kappa shape index (κ3) is 7.28. The third-order valence-corrected chi connectivity index (χ3v) is 6.28. The van der Waals surface area contributed by atoms with E-state index in [1.165, 1.54) is 12.8 Å². The molecule has 0 atom stereocenters. The molecule has 2 fully saturated rings. The van der Waals surface area contributed by atoms with Gasteiger partial charge < -0.3 is 10.2 Å². The number of carbonyl (C=O) groups excluding carboxylic acids is 2.